The average Bonchev–Trinajstić information content (AvgIpc) is 2.61. The van der Waals surface area contributed by atoms with Crippen molar-refractivity contribution < 1.29 is 0 Å². The van der Waals surface area contributed by atoms with Crippen LogP contribution in [0.2, 0.25) is 0 Å². The summed E-state index contributed by atoms with van der Waals surface area (Å²) in [6, 6.07) is 0. The van der Waals surface area contributed by atoms with Crippen molar-refractivity contribution in [2.75, 3.05) is 13.1 Å². The van der Waals surface area contributed by atoms with Gasteiger partial charge in [0.05, 0.1) is 6.54 Å². The van der Waals surface area contributed by atoms with Crippen LogP contribution in [0.5, 0.6) is 0 Å². The molecule has 3 heteroatoms. The van der Waals surface area contributed by atoms with Crippen molar-refractivity contribution in [2.24, 2.45) is 0 Å². The highest BCUT2D eigenvalue weighted by Gasteiger charge is 2.14. The molecule has 0 bridgehead atoms. The van der Waals surface area contributed by atoms with Crippen molar-refractivity contribution in [3.8, 4) is 0 Å². The molecule has 0 fully saturated rings. The van der Waals surface area contributed by atoms with Gasteiger partial charge in [-0.2, -0.15) is 0 Å². The molecular formula is C10H17N3. The Bertz CT molecular complexity index is 267. The Hall–Kier alpha value is -0.830. The molecule has 0 unspecified atom stereocenters. The first-order valence-electron chi connectivity index (χ1n) is 5.12. The second-order valence-corrected chi connectivity index (χ2v) is 3.67. The van der Waals surface area contributed by atoms with E-state index in [-0.39, 0.29) is 0 Å². The van der Waals surface area contributed by atoms with E-state index in [1.165, 1.54) is 31.8 Å². The molecule has 3 nitrogen and oxygen atoms in total. The second kappa shape index (κ2) is 3.92. The quantitative estimate of drug-likeness (QED) is 0.701. The van der Waals surface area contributed by atoms with Crippen molar-refractivity contribution in [1.82, 2.24) is 14.5 Å². The van der Waals surface area contributed by atoms with E-state index >= 15 is 0 Å². The van der Waals surface area contributed by atoms with Crippen LogP contribution in [-0.4, -0.2) is 27.5 Å². The number of rotatable bonds is 3. The minimum absolute atomic E-state index is 1.03. The normalized spacial score (nSPS) is 17.3. The minimum atomic E-state index is 1.03. The lowest BCUT2D eigenvalue weighted by atomic mass is 10.3. The molecule has 0 amide bonds. The maximum Gasteiger partial charge on any atom is 0.122 e. The molecule has 0 aliphatic carbocycles. The Kier molecular flexibility index (Phi) is 2.64. The fourth-order valence-electron chi connectivity index (χ4n) is 1.80. The lowest BCUT2D eigenvalue weighted by Gasteiger charge is -2.27. The molecule has 0 atom stereocenters. The van der Waals surface area contributed by atoms with Gasteiger partial charge in [-0.15, -0.1) is 0 Å². The van der Waals surface area contributed by atoms with Gasteiger partial charge in [0.25, 0.3) is 0 Å². The van der Waals surface area contributed by atoms with E-state index in [0.717, 1.165) is 13.1 Å². The third kappa shape index (κ3) is 1.91. The summed E-state index contributed by atoms with van der Waals surface area (Å²) in [5, 5.41) is 0. The number of fused-ring (bicyclic) bond motifs is 1. The number of imidazole rings is 1. The van der Waals surface area contributed by atoms with Crippen LogP contribution in [-0.2, 0) is 13.1 Å². The summed E-state index contributed by atoms with van der Waals surface area (Å²) >= 11 is 0. The third-order valence-electron chi connectivity index (χ3n) is 2.65. The Morgan fingerprint density at radius 3 is 3.23 bits per heavy atom. The second-order valence-electron chi connectivity index (χ2n) is 3.67. The average molecular weight is 179 g/mol. The van der Waals surface area contributed by atoms with Crippen LogP contribution in [0.15, 0.2) is 12.4 Å². The van der Waals surface area contributed by atoms with Gasteiger partial charge in [0, 0.05) is 25.5 Å². The molecule has 0 saturated carbocycles. The molecule has 0 saturated heterocycles. The van der Waals surface area contributed by atoms with E-state index in [2.05, 4.69) is 27.6 Å². The highest BCUT2D eigenvalue weighted by Crippen LogP contribution is 2.10. The maximum absolute atomic E-state index is 4.34. The summed E-state index contributed by atoms with van der Waals surface area (Å²) < 4.78 is 2.25. The fraction of sp³-hybridized carbons (Fsp3) is 0.700. The van der Waals surface area contributed by atoms with E-state index < -0.39 is 0 Å². The fourth-order valence-corrected chi connectivity index (χ4v) is 1.80. The van der Waals surface area contributed by atoms with E-state index in [9.17, 15) is 0 Å². The first-order valence-corrected chi connectivity index (χ1v) is 5.12. The smallest absolute Gasteiger partial charge is 0.122 e. The van der Waals surface area contributed by atoms with Crippen LogP contribution >= 0.6 is 0 Å². The molecule has 2 rings (SSSR count). The standard InChI is InChI=1S/C10H17N3/c1-2-3-5-12-7-8-13-6-4-11-10(13)9-12/h4,6H,2-3,5,7-9H2,1H3. The van der Waals surface area contributed by atoms with Gasteiger partial charge in [-0.3, -0.25) is 4.90 Å². The SMILES string of the molecule is CCCCN1CCn2ccnc2C1. The third-order valence-corrected chi connectivity index (χ3v) is 2.65. The summed E-state index contributed by atoms with van der Waals surface area (Å²) in [5.74, 6) is 1.22. The van der Waals surface area contributed by atoms with Gasteiger partial charge in [0.1, 0.15) is 5.82 Å². The van der Waals surface area contributed by atoms with Crippen LogP contribution in [0.4, 0.5) is 0 Å². The molecule has 1 aromatic heterocycles. The lowest BCUT2D eigenvalue weighted by molar-refractivity contribution is 0.214. The molecule has 0 spiro atoms. The topological polar surface area (TPSA) is 21.1 Å². The molecule has 72 valence electrons. The summed E-state index contributed by atoms with van der Waals surface area (Å²) in [4.78, 5) is 6.83. The van der Waals surface area contributed by atoms with Gasteiger partial charge in [0.2, 0.25) is 0 Å². The monoisotopic (exact) mass is 179 g/mol. The molecule has 0 radical (unpaired) electrons. The molecule has 1 aliphatic rings. The summed E-state index contributed by atoms with van der Waals surface area (Å²) in [6.07, 6.45) is 6.57. The number of aromatic nitrogens is 2. The number of hydrogen-bond donors (Lipinski definition) is 0. The van der Waals surface area contributed by atoms with Gasteiger partial charge in [-0.25, -0.2) is 4.98 Å². The molecule has 1 aliphatic heterocycles. The predicted molar refractivity (Wildman–Crippen MR) is 52.4 cm³/mol. The lowest BCUT2D eigenvalue weighted by Crippen LogP contribution is -2.34. The van der Waals surface area contributed by atoms with Crippen LogP contribution in [0.25, 0.3) is 0 Å². The van der Waals surface area contributed by atoms with Gasteiger partial charge >= 0.3 is 0 Å². The Balaban J connectivity index is 1.93. The van der Waals surface area contributed by atoms with Gasteiger partial charge in [-0.05, 0) is 13.0 Å². The first-order chi connectivity index (χ1) is 6.40. The molecule has 13 heavy (non-hydrogen) atoms. The number of nitrogens with zero attached hydrogens (tertiary/aromatic N) is 3. The number of unbranched alkanes of at least 4 members (excludes halogenated alkanes) is 1. The van der Waals surface area contributed by atoms with Crippen LogP contribution in [0.1, 0.15) is 25.6 Å². The van der Waals surface area contributed by atoms with E-state index in [1.807, 2.05) is 6.20 Å². The molecule has 1 aromatic rings. The van der Waals surface area contributed by atoms with E-state index in [0.29, 0.717) is 0 Å². The zero-order chi connectivity index (χ0) is 9.10. The van der Waals surface area contributed by atoms with Crippen molar-refractivity contribution >= 4 is 0 Å². The zero-order valence-electron chi connectivity index (χ0n) is 8.24. The van der Waals surface area contributed by atoms with Crippen LogP contribution < -0.4 is 0 Å². The maximum atomic E-state index is 4.34. The predicted octanol–water partition coefficient (Wildman–Crippen LogP) is 1.50. The highest BCUT2D eigenvalue weighted by atomic mass is 15.2. The first kappa shape index (κ1) is 8.75. The van der Waals surface area contributed by atoms with Crippen LogP contribution in [0.3, 0.4) is 0 Å². The number of hydrogen-bond acceptors (Lipinski definition) is 2. The Morgan fingerprint density at radius 2 is 2.38 bits per heavy atom. The van der Waals surface area contributed by atoms with Crippen LogP contribution in [0, 0.1) is 0 Å². The van der Waals surface area contributed by atoms with E-state index in [1.54, 1.807) is 0 Å². The molecule has 0 aromatic carbocycles. The van der Waals surface area contributed by atoms with Gasteiger partial charge in [0.15, 0.2) is 0 Å². The van der Waals surface area contributed by atoms with Gasteiger partial charge in [-0.1, -0.05) is 13.3 Å². The molecular weight excluding hydrogens is 162 g/mol. The Morgan fingerprint density at radius 1 is 1.46 bits per heavy atom. The minimum Gasteiger partial charge on any atom is -0.333 e. The largest absolute Gasteiger partial charge is 0.333 e. The molecule has 0 N–H and O–H groups in total. The summed E-state index contributed by atoms with van der Waals surface area (Å²) in [6.45, 7) is 6.80. The van der Waals surface area contributed by atoms with Gasteiger partial charge < -0.3 is 4.57 Å². The molecule has 2 heterocycles. The van der Waals surface area contributed by atoms with Crippen molar-refractivity contribution in [2.45, 2.75) is 32.9 Å². The van der Waals surface area contributed by atoms with Crippen molar-refractivity contribution in [1.29, 1.82) is 0 Å². The highest BCUT2D eigenvalue weighted by molar-refractivity contribution is 4.95. The summed E-state index contributed by atoms with van der Waals surface area (Å²) in [7, 11) is 0. The Labute approximate surface area is 79.4 Å². The van der Waals surface area contributed by atoms with Crippen molar-refractivity contribution in [3.63, 3.8) is 0 Å². The zero-order valence-corrected chi connectivity index (χ0v) is 8.24. The van der Waals surface area contributed by atoms with Crippen molar-refractivity contribution in [3.05, 3.63) is 18.2 Å². The van der Waals surface area contributed by atoms with E-state index in [4.69, 9.17) is 0 Å². The summed E-state index contributed by atoms with van der Waals surface area (Å²) in [5.41, 5.74) is 0.